The van der Waals surface area contributed by atoms with Gasteiger partial charge in [-0.2, -0.15) is 0 Å². The van der Waals surface area contributed by atoms with Crippen LogP contribution in [0.3, 0.4) is 0 Å². The number of fused-ring (bicyclic) bond motifs is 4. The van der Waals surface area contributed by atoms with E-state index >= 15 is 38.4 Å². The van der Waals surface area contributed by atoms with E-state index in [1.165, 1.54) is 69.8 Å². The zero-order chi connectivity index (χ0) is 98.4. The fraction of sp³-hybridized carbons (Fsp3) is 0.511. The summed E-state index contributed by atoms with van der Waals surface area (Å²) in [6, 6.07) is -1.58. The fourth-order valence-electron chi connectivity index (χ4n) is 16.9. The first-order valence-electron chi connectivity index (χ1n) is 45.6. The molecule has 14 atom stereocenters. The highest BCUT2D eigenvalue weighted by Crippen LogP contribution is 2.28. The molecule has 0 saturated carbocycles. The quantitative estimate of drug-likeness (QED) is 0.0164. The monoisotopic (exact) mass is 1870 g/mol. The second-order valence-electron chi connectivity index (χ2n) is 34.8. The van der Waals surface area contributed by atoms with Crippen LogP contribution in [-0.2, 0) is 107 Å². The molecule has 3 aromatic heterocycles. The van der Waals surface area contributed by atoms with E-state index in [2.05, 4.69) is 78.4 Å². The van der Waals surface area contributed by atoms with Gasteiger partial charge in [-0.15, -0.1) is 0 Å². The van der Waals surface area contributed by atoms with Gasteiger partial charge in [-0.05, 0) is 124 Å². The zero-order valence-corrected chi connectivity index (χ0v) is 77.3. The first-order chi connectivity index (χ1) is 64.4. The number of aromatic amines is 3. The van der Waals surface area contributed by atoms with Crippen molar-refractivity contribution in [1.29, 1.82) is 5.41 Å². The molecule has 17 amide bonds. The van der Waals surface area contributed by atoms with Gasteiger partial charge in [0, 0.05) is 113 Å². The standard InChI is InChI=1S/C92H128N24O19/c1-9-11-27-71-84(128)105-63(26-18-36-98-92(95)96)80(124)104-62(79(123)101-48-76(94)120)25-17-31-77(121)103-67(40-53-32-34-57(118)35-33-53)87(131)112(6)52(5)78(122)108-69(44-75(93)119)90(134)116-38-20-30-73(116)86(130)107-65(43-56-47-97-50-102-56)82(126)109-66(39-51(3)4)89(133)115-37-19-29-72(115)85(129)106-64(41-54-45-99-60-23-15-13-21-58(54)60)81(125)111-70(49-117)83(127)110-68(42-55-46-100-61-24-16-14-22-59(55)61)88(132)114(8)74(28-12-10-2)91(135)113(71)7/h13-17,21-24,31-35,45-47,50-52,62-74,99-100,117-118H,9-12,18-20,25-30,36-44,48-49H2,1-8H3,(H2,93,119)(H2,94,120)(H,97,102)(H,101,123)(H,103,121)(H,104,124)(H,105,128)(H,106,129)(H,107,130)(H,108,122)(H,109,126)(H,110,127)(H,111,125)(H4,95,96,98)/t52-,62-,63?,64-,65-,66-,67-,68?,69-,70-,71-,72?,73-,74-/m0/s1. The SMILES string of the molecule is CCCC[C@H]1C(=O)N(C)[C@@H](CCCC)C(=O)NC(CCCNC(=N)N)C(=O)N[C@H](C(=O)NCC(N)=O)CC=CC(=O)N[C@@H](Cc2ccc(O)cc2)C(=O)N(C)[C@@H](C)C(=O)N[C@@H](CC(N)=O)C(=O)N2CCC[C@H]2C(=O)N[C@@H](Cc2cnc[nH]2)C(=O)N[C@@H](CC(C)C)C(=O)N2CCCC2C(=O)N[C@@H](Cc2c[nH]c3ccccc23)C(=O)N[C@@H](CO)C(=O)NC(Cc2c[nH]c3ccccc23)C(=O)N1C. The van der Waals surface area contributed by atoms with Gasteiger partial charge in [-0.3, -0.25) is 86.9 Å². The fourth-order valence-corrected chi connectivity index (χ4v) is 16.9. The van der Waals surface area contributed by atoms with E-state index in [9.17, 15) is 53.4 Å². The van der Waals surface area contributed by atoms with E-state index in [1.54, 1.807) is 74.8 Å². The Bertz CT molecular complexity index is 5250. The summed E-state index contributed by atoms with van der Waals surface area (Å²) in [4.78, 5) is 269. The lowest BCUT2D eigenvalue weighted by atomic mass is 10.00. The molecule has 6 heterocycles. The largest absolute Gasteiger partial charge is 0.508 e. The van der Waals surface area contributed by atoms with Crippen LogP contribution in [0, 0.1) is 11.3 Å². The van der Waals surface area contributed by atoms with Crippen molar-refractivity contribution in [2.24, 2.45) is 23.1 Å². The summed E-state index contributed by atoms with van der Waals surface area (Å²) in [6.45, 7) is 6.60. The summed E-state index contributed by atoms with van der Waals surface area (Å²) in [5, 5.41) is 59.8. The van der Waals surface area contributed by atoms with Gasteiger partial charge in [0.25, 0.3) is 0 Å². The van der Waals surface area contributed by atoms with E-state index in [4.69, 9.17) is 22.6 Å². The van der Waals surface area contributed by atoms with Crippen LogP contribution in [-0.4, -0.2) is 300 Å². The molecule has 3 aliphatic heterocycles. The van der Waals surface area contributed by atoms with Crippen LogP contribution in [0.25, 0.3) is 21.8 Å². The number of hydrogen-bond acceptors (Lipinski definition) is 21. The molecule has 0 aliphatic carbocycles. The number of aliphatic hydroxyl groups is 1. The van der Waals surface area contributed by atoms with Gasteiger partial charge in [0.1, 0.15) is 90.3 Å². The Morgan fingerprint density at radius 3 is 1.58 bits per heavy atom. The van der Waals surface area contributed by atoms with E-state index in [1.807, 2.05) is 13.8 Å². The first-order valence-corrected chi connectivity index (χ1v) is 45.6. The summed E-state index contributed by atoms with van der Waals surface area (Å²) in [5.41, 5.74) is 19.9. The lowest BCUT2D eigenvalue weighted by Gasteiger charge is -2.36. The predicted molar refractivity (Wildman–Crippen MR) is 495 cm³/mol. The highest BCUT2D eigenvalue weighted by Gasteiger charge is 2.46. The number of aromatic nitrogens is 4. The minimum atomic E-state index is -1.85. The van der Waals surface area contributed by atoms with Crippen molar-refractivity contribution >= 4 is 128 Å². The van der Waals surface area contributed by atoms with Gasteiger partial charge < -0.3 is 125 Å². The van der Waals surface area contributed by atoms with E-state index in [-0.39, 0.29) is 115 Å². The Hall–Kier alpha value is -14.3. The molecule has 0 radical (unpaired) electrons. The lowest BCUT2D eigenvalue weighted by Crippen LogP contribution is -2.62. The minimum absolute atomic E-state index is 0.00177. The van der Waals surface area contributed by atoms with Crippen LogP contribution < -0.4 is 75.7 Å². The molecule has 3 aromatic carbocycles. The van der Waals surface area contributed by atoms with Crippen LogP contribution >= 0.6 is 0 Å². The molecule has 6 aromatic rings. The number of amides is 17. The summed E-state index contributed by atoms with van der Waals surface area (Å²) >= 11 is 0. The predicted octanol–water partition coefficient (Wildman–Crippen LogP) is -1.69. The highest BCUT2D eigenvalue weighted by atomic mass is 16.3. The maximum atomic E-state index is 15.8. The zero-order valence-electron chi connectivity index (χ0n) is 77.3. The van der Waals surface area contributed by atoms with Gasteiger partial charge in [-0.1, -0.05) is 108 Å². The van der Waals surface area contributed by atoms with Crippen molar-refractivity contribution in [3.05, 3.63) is 132 Å². The number of para-hydroxylation sites is 2. The molecule has 730 valence electrons. The van der Waals surface area contributed by atoms with Gasteiger partial charge in [0.15, 0.2) is 5.96 Å². The van der Waals surface area contributed by atoms with E-state index in [0.717, 1.165) is 31.8 Å². The van der Waals surface area contributed by atoms with Gasteiger partial charge in [0.2, 0.25) is 100 Å². The molecule has 3 aliphatic rings. The summed E-state index contributed by atoms with van der Waals surface area (Å²) in [7, 11) is 3.91. The number of unbranched alkanes of at least 4 members (excludes halogenated alkanes) is 2. The number of rotatable bonds is 26. The Labute approximate surface area is 780 Å². The van der Waals surface area contributed by atoms with Crippen molar-refractivity contribution < 1.29 is 91.7 Å². The number of carbonyl (C=O) groups is 17. The number of benzene rings is 3. The highest BCUT2D eigenvalue weighted by molar-refractivity contribution is 6.03. The number of phenolic OH excluding ortho intramolecular Hbond substituents is 1. The van der Waals surface area contributed by atoms with Crippen LogP contribution in [0.1, 0.15) is 153 Å². The third-order valence-electron chi connectivity index (χ3n) is 24.4. The molecule has 0 bridgehead atoms. The smallest absolute Gasteiger partial charge is 0.246 e. The number of nitrogens with zero attached hydrogens (tertiary/aromatic N) is 6. The molecule has 43 nitrogen and oxygen atoms in total. The summed E-state index contributed by atoms with van der Waals surface area (Å²) < 4.78 is 0. The van der Waals surface area contributed by atoms with Crippen molar-refractivity contribution in [2.75, 3.05) is 53.9 Å². The van der Waals surface area contributed by atoms with Crippen molar-refractivity contribution in [3.8, 4) is 5.75 Å². The molecule has 43 heteroatoms. The molecule has 23 N–H and O–H groups in total. The van der Waals surface area contributed by atoms with Crippen molar-refractivity contribution in [2.45, 2.75) is 241 Å². The number of primary amides is 2. The molecule has 2 saturated heterocycles. The van der Waals surface area contributed by atoms with Gasteiger partial charge in [-0.25, -0.2) is 4.98 Å². The van der Waals surface area contributed by atoms with Crippen LogP contribution in [0.4, 0.5) is 0 Å². The van der Waals surface area contributed by atoms with Crippen LogP contribution in [0.2, 0.25) is 0 Å². The minimum Gasteiger partial charge on any atom is -0.508 e. The topological polar surface area (TPSA) is 641 Å². The average Bonchev–Trinajstić information content (AvgIpc) is 1.75. The van der Waals surface area contributed by atoms with Crippen molar-refractivity contribution in [1.82, 2.24) is 103 Å². The third kappa shape index (κ3) is 29.1. The van der Waals surface area contributed by atoms with Crippen LogP contribution in [0.5, 0.6) is 5.75 Å². The number of H-pyrrole nitrogens is 3. The number of aliphatic hydroxyl groups excluding tert-OH is 1. The number of hydrogen-bond donors (Lipinski definition) is 20. The third-order valence-corrected chi connectivity index (χ3v) is 24.4. The second-order valence-corrected chi connectivity index (χ2v) is 34.8. The van der Waals surface area contributed by atoms with Gasteiger partial charge in [0.05, 0.1) is 25.9 Å². The lowest BCUT2D eigenvalue weighted by molar-refractivity contribution is -0.149. The normalized spacial score (nSPS) is 24.1. The van der Waals surface area contributed by atoms with E-state index in [0.29, 0.717) is 69.9 Å². The maximum Gasteiger partial charge on any atom is 0.246 e. The molecular formula is C92H128N24O19. The Balaban J connectivity index is 1.11. The number of aromatic hydroxyl groups is 1. The number of imidazole rings is 1. The summed E-state index contributed by atoms with van der Waals surface area (Å²) in [6.07, 6.45) is 7.62. The average molecular weight is 1870 g/mol. The molecule has 9 rings (SSSR count). The second kappa shape index (κ2) is 50.0. The molecule has 2 fully saturated rings. The molecule has 3 unspecified atom stereocenters. The maximum absolute atomic E-state index is 15.8. The summed E-state index contributed by atoms with van der Waals surface area (Å²) in [5.74, 6) is -16.6. The van der Waals surface area contributed by atoms with E-state index < -0.39 is 217 Å². The Morgan fingerprint density at radius 2 is 1.02 bits per heavy atom. The number of nitrogens with one attached hydrogen (secondary N) is 15. The number of guanidine groups is 1. The molecule has 0 spiro atoms. The number of nitrogens with two attached hydrogens (primary N) is 3. The molecule has 135 heavy (non-hydrogen) atoms. The van der Waals surface area contributed by atoms with Crippen molar-refractivity contribution in [3.63, 3.8) is 0 Å². The Kier molecular flexibility index (Phi) is 38.7. The number of likely N-dealkylation sites (N-methyl/N-ethyl adjacent to an activating group) is 3. The number of carbonyl (C=O) groups excluding carboxylic acids is 17. The number of phenols is 1. The van der Waals surface area contributed by atoms with Gasteiger partial charge >= 0.3 is 0 Å². The molecular weight excluding hydrogens is 1750 g/mol. The Morgan fingerprint density at radius 1 is 0.519 bits per heavy atom. The van der Waals surface area contributed by atoms with Crippen LogP contribution in [0.15, 0.2) is 110 Å². The first kappa shape index (κ1) is 104.